The van der Waals surface area contributed by atoms with Crippen molar-refractivity contribution in [3.8, 4) is 17.0 Å². The van der Waals surface area contributed by atoms with Crippen LogP contribution in [0.4, 0.5) is 15.8 Å². The van der Waals surface area contributed by atoms with Gasteiger partial charge >= 0.3 is 0 Å². The summed E-state index contributed by atoms with van der Waals surface area (Å²) in [4.78, 5) is 24.1. The zero-order chi connectivity index (χ0) is 19.0. The van der Waals surface area contributed by atoms with Gasteiger partial charge in [0, 0.05) is 17.3 Å². The first-order valence-electron chi connectivity index (χ1n) is 8.15. The predicted octanol–water partition coefficient (Wildman–Crippen LogP) is 3.45. The van der Waals surface area contributed by atoms with Gasteiger partial charge < -0.3 is 19.9 Å². The molecule has 8 heteroatoms. The summed E-state index contributed by atoms with van der Waals surface area (Å²) in [5.41, 5.74) is 1.76. The normalized spacial score (nSPS) is 15.5. The first-order chi connectivity index (χ1) is 13.0. The zero-order valence-corrected chi connectivity index (χ0v) is 14.2. The molecule has 0 unspecified atom stereocenters. The number of anilines is 2. The zero-order valence-electron chi connectivity index (χ0n) is 14.2. The van der Waals surface area contributed by atoms with Crippen LogP contribution >= 0.6 is 0 Å². The highest BCUT2D eigenvalue weighted by Gasteiger charge is 2.24. The molecule has 7 nitrogen and oxygen atoms in total. The smallest absolute Gasteiger partial charge is 0.294 e. The first kappa shape index (κ1) is 16.8. The second kappa shape index (κ2) is 6.56. The molecule has 2 aromatic carbocycles. The van der Waals surface area contributed by atoms with Crippen molar-refractivity contribution in [2.75, 3.05) is 10.6 Å². The summed E-state index contributed by atoms with van der Waals surface area (Å²) in [5, 5.41) is 9.16. The summed E-state index contributed by atoms with van der Waals surface area (Å²) in [6, 6.07) is 12.1. The molecule has 0 spiro atoms. The van der Waals surface area contributed by atoms with Crippen LogP contribution in [0.3, 0.4) is 0 Å². The Bertz CT molecular complexity index is 1050. The van der Waals surface area contributed by atoms with Crippen LogP contribution in [0.1, 0.15) is 17.5 Å². The van der Waals surface area contributed by atoms with E-state index in [9.17, 15) is 14.0 Å². The van der Waals surface area contributed by atoms with Crippen LogP contribution in [-0.2, 0) is 4.79 Å². The lowest BCUT2D eigenvalue weighted by atomic mass is 10.1. The molecule has 0 bridgehead atoms. The van der Waals surface area contributed by atoms with E-state index < -0.39 is 17.8 Å². The fourth-order valence-corrected chi connectivity index (χ4v) is 2.65. The molecule has 1 atom stereocenters. The highest BCUT2D eigenvalue weighted by molar-refractivity contribution is 6.04. The average Bonchev–Trinajstić information content (AvgIpc) is 3.13. The number of hydrogen-bond acceptors (Lipinski definition) is 5. The van der Waals surface area contributed by atoms with Gasteiger partial charge in [-0.15, -0.1) is 0 Å². The van der Waals surface area contributed by atoms with E-state index in [1.807, 2.05) is 0 Å². The maximum Gasteiger partial charge on any atom is 0.294 e. The first-order valence-corrected chi connectivity index (χ1v) is 8.15. The van der Waals surface area contributed by atoms with E-state index in [1.54, 1.807) is 37.3 Å². The van der Waals surface area contributed by atoms with E-state index in [0.717, 1.165) is 0 Å². The number of rotatable bonds is 3. The minimum absolute atomic E-state index is 0.0270. The molecule has 0 fully saturated rings. The van der Waals surface area contributed by atoms with E-state index in [2.05, 4.69) is 15.8 Å². The fraction of sp³-hybridized carbons (Fsp3) is 0.105. The second-order valence-corrected chi connectivity index (χ2v) is 6.00. The van der Waals surface area contributed by atoms with Gasteiger partial charge in [0.05, 0.1) is 5.69 Å². The quantitative estimate of drug-likeness (QED) is 0.740. The Morgan fingerprint density at radius 2 is 2.07 bits per heavy atom. The summed E-state index contributed by atoms with van der Waals surface area (Å²) >= 11 is 0. The number of fused-ring (bicyclic) bond motifs is 1. The highest BCUT2D eigenvalue weighted by atomic mass is 19.1. The van der Waals surface area contributed by atoms with Crippen molar-refractivity contribution in [3.63, 3.8) is 0 Å². The molecule has 1 aliphatic rings. The monoisotopic (exact) mass is 367 g/mol. The molecule has 1 aromatic heterocycles. The lowest BCUT2D eigenvalue weighted by Gasteiger charge is -2.23. The van der Waals surface area contributed by atoms with Crippen molar-refractivity contribution >= 4 is 23.2 Å². The van der Waals surface area contributed by atoms with Crippen LogP contribution in [0.5, 0.6) is 5.75 Å². The van der Waals surface area contributed by atoms with E-state index in [-0.39, 0.29) is 11.7 Å². The average molecular weight is 367 g/mol. The number of amides is 2. The van der Waals surface area contributed by atoms with Gasteiger partial charge in [-0.25, -0.2) is 4.39 Å². The minimum atomic E-state index is -0.576. The highest BCUT2D eigenvalue weighted by Crippen LogP contribution is 2.32. The predicted molar refractivity (Wildman–Crippen MR) is 95.0 cm³/mol. The van der Waals surface area contributed by atoms with Crippen molar-refractivity contribution in [1.82, 2.24) is 5.16 Å². The number of nitrogens with zero attached hydrogens (tertiary/aromatic N) is 1. The van der Waals surface area contributed by atoms with Gasteiger partial charge in [0.15, 0.2) is 6.10 Å². The van der Waals surface area contributed by atoms with Crippen LogP contribution in [0.25, 0.3) is 11.3 Å². The van der Waals surface area contributed by atoms with E-state index in [4.69, 9.17) is 9.26 Å². The van der Waals surface area contributed by atoms with Crippen LogP contribution < -0.4 is 15.4 Å². The molecule has 2 amide bonds. The Hall–Kier alpha value is -3.68. The third-order valence-corrected chi connectivity index (χ3v) is 4.02. The molecule has 136 valence electrons. The Kier molecular flexibility index (Phi) is 4.08. The minimum Gasteiger partial charge on any atom is -0.479 e. The third kappa shape index (κ3) is 3.37. The Morgan fingerprint density at radius 1 is 1.22 bits per heavy atom. The van der Waals surface area contributed by atoms with Gasteiger partial charge in [-0.1, -0.05) is 17.3 Å². The number of hydrogen-bond donors (Lipinski definition) is 2. The number of nitrogens with one attached hydrogen (secondary N) is 2. The Balaban J connectivity index is 1.52. The lowest BCUT2D eigenvalue weighted by molar-refractivity contribution is -0.122. The molecular formula is C19H14FN3O4. The molecule has 1 aliphatic heterocycles. The summed E-state index contributed by atoms with van der Waals surface area (Å²) in [5.74, 6) is -0.703. The van der Waals surface area contributed by atoms with Gasteiger partial charge in [-0.2, -0.15) is 0 Å². The van der Waals surface area contributed by atoms with Gasteiger partial charge in [0.2, 0.25) is 5.76 Å². The Labute approximate surface area is 153 Å². The largest absolute Gasteiger partial charge is 0.479 e. The van der Waals surface area contributed by atoms with Gasteiger partial charge in [0.1, 0.15) is 17.3 Å². The number of ether oxygens (including phenoxy) is 1. The second-order valence-electron chi connectivity index (χ2n) is 6.00. The molecule has 0 saturated heterocycles. The van der Waals surface area contributed by atoms with Crippen molar-refractivity contribution in [2.45, 2.75) is 13.0 Å². The summed E-state index contributed by atoms with van der Waals surface area (Å²) < 4.78 is 23.8. The summed E-state index contributed by atoms with van der Waals surface area (Å²) in [6.45, 7) is 1.65. The van der Waals surface area contributed by atoms with Gasteiger partial charge in [0.25, 0.3) is 11.8 Å². The van der Waals surface area contributed by atoms with Gasteiger partial charge in [-0.05, 0) is 37.3 Å². The van der Waals surface area contributed by atoms with E-state index in [1.165, 1.54) is 18.2 Å². The molecule has 2 heterocycles. The number of carbonyl (C=O) groups is 2. The number of benzene rings is 2. The molecular weight excluding hydrogens is 353 g/mol. The summed E-state index contributed by atoms with van der Waals surface area (Å²) in [6.07, 6.45) is -0.576. The van der Waals surface area contributed by atoms with Crippen molar-refractivity contribution in [2.24, 2.45) is 0 Å². The molecule has 2 N–H and O–H groups in total. The van der Waals surface area contributed by atoms with Crippen LogP contribution in [0.15, 0.2) is 53.1 Å². The standard InChI is InChI=1S/C19H14FN3O4/c1-10-18(24)22-15-8-13(5-6-16(15)26-10)21-19(25)17-9-14(23-27-17)11-3-2-4-12(20)7-11/h2-10H,1H3,(H,21,25)(H,22,24)/t10-/m0/s1. The van der Waals surface area contributed by atoms with Crippen LogP contribution in [-0.4, -0.2) is 23.1 Å². The maximum absolute atomic E-state index is 13.3. The van der Waals surface area contributed by atoms with Crippen LogP contribution in [0, 0.1) is 5.82 Å². The SMILES string of the molecule is C[C@@H]1Oc2ccc(NC(=O)c3cc(-c4cccc(F)c4)no3)cc2NC1=O. The third-order valence-electron chi connectivity index (χ3n) is 4.02. The molecule has 0 saturated carbocycles. The molecule has 0 aliphatic carbocycles. The lowest BCUT2D eigenvalue weighted by Crippen LogP contribution is -2.34. The topological polar surface area (TPSA) is 93.5 Å². The molecule has 4 rings (SSSR count). The van der Waals surface area contributed by atoms with E-state index in [0.29, 0.717) is 28.4 Å². The molecule has 3 aromatic rings. The van der Waals surface area contributed by atoms with Crippen molar-refractivity contribution in [1.29, 1.82) is 0 Å². The van der Waals surface area contributed by atoms with Gasteiger partial charge in [-0.3, -0.25) is 9.59 Å². The van der Waals surface area contributed by atoms with E-state index >= 15 is 0 Å². The Morgan fingerprint density at radius 3 is 2.89 bits per heavy atom. The van der Waals surface area contributed by atoms with Crippen molar-refractivity contribution in [3.05, 3.63) is 60.1 Å². The van der Waals surface area contributed by atoms with Crippen LogP contribution in [0.2, 0.25) is 0 Å². The number of aromatic nitrogens is 1. The molecule has 27 heavy (non-hydrogen) atoms. The van der Waals surface area contributed by atoms with Crippen molar-refractivity contribution < 1.29 is 23.2 Å². The maximum atomic E-state index is 13.3. The number of halogens is 1. The molecule has 0 radical (unpaired) electrons. The number of carbonyl (C=O) groups excluding carboxylic acids is 2. The summed E-state index contributed by atoms with van der Waals surface area (Å²) in [7, 11) is 0. The fourth-order valence-electron chi connectivity index (χ4n) is 2.65.